The molecule has 0 unspecified atom stereocenters. The summed E-state index contributed by atoms with van der Waals surface area (Å²) in [4.78, 5) is 5.91. The Kier molecular flexibility index (Phi) is 9.15. The molecule has 128 valence electrons. The van der Waals surface area contributed by atoms with E-state index < -0.39 is 0 Å². The van der Waals surface area contributed by atoms with Crippen molar-refractivity contribution in [2.24, 2.45) is 12.0 Å². The van der Waals surface area contributed by atoms with Crippen LogP contribution in [0, 0.1) is 6.92 Å². The summed E-state index contributed by atoms with van der Waals surface area (Å²) in [5.74, 6) is 2.59. The number of guanidine groups is 1. The third-order valence-electron chi connectivity index (χ3n) is 3.39. The second-order valence-corrected chi connectivity index (χ2v) is 6.13. The Bertz CT molecular complexity index is 593. The molecule has 0 amide bonds. The Hall–Kier alpha value is -1.16. The molecule has 2 N–H and O–H groups in total. The van der Waals surface area contributed by atoms with E-state index in [2.05, 4.69) is 50.3 Å². The monoisotopic (exact) mass is 448 g/mol. The van der Waals surface area contributed by atoms with Crippen LogP contribution in [0.4, 0.5) is 0 Å². The van der Waals surface area contributed by atoms with E-state index in [1.807, 2.05) is 18.5 Å². The van der Waals surface area contributed by atoms with Crippen LogP contribution in [0.3, 0.4) is 0 Å². The van der Waals surface area contributed by atoms with Gasteiger partial charge in [-0.1, -0.05) is 19.4 Å². The van der Waals surface area contributed by atoms with Crippen molar-refractivity contribution in [2.75, 3.05) is 6.54 Å². The minimum Gasteiger partial charge on any atom is -0.356 e. The lowest BCUT2D eigenvalue weighted by Crippen LogP contribution is -2.37. The predicted octanol–water partition coefficient (Wildman–Crippen LogP) is 2.84. The molecule has 0 aliphatic rings. The average molecular weight is 448 g/mol. The van der Waals surface area contributed by atoms with E-state index in [-0.39, 0.29) is 24.0 Å². The van der Waals surface area contributed by atoms with E-state index >= 15 is 0 Å². The molecule has 0 saturated heterocycles. The van der Waals surface area contributed by atoms with E-state index in [1.54, 1.807) is 11.3 Å². The van der Waals surface area contributed by atoms with Gasteiger partial charge in [-0.25, -0.2) is 4.99 Å². The minimum atomic E-state index is 0. The van der Waals surface area contributed by atoms with E-state index in [0.29, 0.717) is 6.54 Å². The van der Waals surface area contributed by atoms with Crippen molar-refractivity contribution in [2.45, 2.75) is 39.8 Å². The van der Waals surface area contributed by atoms with Gasteiger partial charge in [0.2, 0.25) is 0 Å². The summed E-state index contributed by atoms with van der Waals surface area (Å²) >= 11 is 1.74. The Morgan fingerprint density at radius 3 is 2.78 bits per heavy atom. The van der Waals surface area contributed by atoms with Crippen molar-refractivity contribution >= 4 is 41.3 Å². The molecule has 23 heavy (non-hydrogen) atoms. The number of thiophene rings is 1. The number of hydrogen-bond acceptors (Lipinski definition) is 4. The van der Waals surface area contributed by atoms with E-state index in [0.717, 1.165) is 43.5 Å². The van der Waals surface area contributed by atoms with E-state index in [1.165, 1.54) is 4.88 Å². The van der Waals surface area contributed by atoms with Crippen LogP contribution in [-0.2, 0) is 20.1 Å². The normalized spacial score (nSPS) is 11.2. The predicted molar refractivity (Wildman–Crippen MR) is 106 cm³/mol. The number of aryl methyl sites for hydroxylation is 1. The van der Waals surface area contributed by atoms with Crippen LogP contribution in [0.5, 0.6) is 0 Å². The average Bonchev–Trinajstić information content (AvgIpc) is 3.14. The Morgan fingerprint density at radius 1 is 1.35 bits per heavy atom. The third kappa shape index (κ3) is 6.46. The van der Waals surface area contributed by atoms with Crippen molar-refractivity contribution in [1.82, 2.24) is 25.4 Å². The van der Waals surface area contributed by atoms with Crippen LogP contribution in [0.25, 0.3) is 0 Å². The molecule has 2 aromatic rings. The number of aromatic nitrogens is 3. The molecule has 0 spiro atoms. The van der Waals surface area contributed by atoms with Gasteiger partial charge in [0.05, 0.1) is 6.54 Å². The van der Waals surface area contributed by atoms with Crippen molar-refractivity contribution < 1.29 is 0 Å². The number of aliphatic imine (C=N–C) groups is 1. The van der Waals surface area contributed by atoms with Crippen LogP contribution in [-0.4, -0.2) is 27.3 Å². The molecule has 0 atom stereocenters. The van der Waals surface area contributed by atoms with Gasteiger partial charge in [-0.05, 0) is 24.8 Å². The molecule has 8 heteroatoms. The van der Waals surface area contributed by atoms with Gasteiger partial charge in [0, 0.05) is 18.5 Å². The molecular weight excluding hydrogens is 423 g/mol. The lowest BCUT2D eigenvalue weighted by Gasteiger charge is -2.11. The smallest absolute Gasteiger partial charge is 0.192 e. The summed E-state index contributed by atoms with van der Waals surface area (Å²) < 4.78 is 1.96. The number of hydrogen-bond donors (Lipinski definition) is 2. The molecule has 2 rings (SSSR count). The van der Waals surface area contributed by atoms with Crippen LogP contribution >= 0.6 is 35.3 Å². The molecule has 0 saturated carbocycles. The molecule has 0 aliphatic carbocycles. The zero-order valence-corrected chi connectivity index (χ0v) is 17.0. The molecular formula is C15H25IN6S. The molecule has 0 radical (unpaired) electrons. The summed E-state index contributed by atoms with van der Waals surface area (Å²) in [6.45, 7) is 6.34. The summed E-state index contributed by atoms with van der Waals surface area (Å²) in [6.07, 6.45) is 2.29. The summed E-state index contributed by atoms with van der Waals surface area (Å²) in [5.41, 5.74) is 0. The molecule has 0 aliphatic heterocycles. The van der Waals surface area contributed by atoms with Crippen LogP contribution < -0.4 is 10.6 Å². The Morgan fingerprint density at radius 2 is 2.17 bits per heavy atom. The highest BCUT2D eigenvalue weighted by Crippen LogP contribution is 2.07. The van der Waals surface area contributed by atoms with Crippen molar-refractivity contribution in [3.63, 3.8) is 0 Å². The fourth-order valence-electron chi connectivity index (χ4n) is 1.88. The number of unbranched alkanes of at least 4 members (excludes halogenated alkanes) is 1. The highest BCUT2D eigenvalue weighted by atomic mass is 127. The van der Waals surface area contributed by atoms with Gasteiger partial charge >= 0.3 is 0 Å². The standard InChI is InChI=1S/C15H24N6S.HI/c1-4-5-8-16-15(17-10-13-7-6-9-22-13)18-11-14-20-19-12(2)21(14)3;/h6-7,9H,4-5,8,10-11H2,1-3H3,(H2,16,17,18);1H. The number of rotatable bonds is 7. The van der Waals surface area contributed by atoms with Gasteiger partial charge in [0.25, 0.3) is 0 Å². The quantitative estimate of drug-likeness (QED) is 0.296. The van der Waals surface area contributed by atoms with Gasteiger partial charge in [-0.2, -0.15) is 0 Å². The Labute approximate surface area is 158 Å². The first kappa shape index (κ1) is 19.9. The van der Waals surface area contributed by atoms with E-state index in [4.69, 9.17) is 0 Å². The van der Waals surface area contributed by atoms with Crippen LogP contribution in [0.2, 0.25) is 0 Å². The maximum Gasteiger partial charge on any atom is 0.192 e. The van der Waals surface area contributed by atoms with Crippen LogP contribution in [0.1, 0.15) is 36.3 Å². The molecule has 2 aromatic heterocycles. The maximum atomic E-state index is 4.62. The highest BCUT2D eigenvalue weighted by molar-refractivity contribution is 14.0. The fourth-order valence-corrected chi connectivity index (χ4v) is 2.52. The molecule has 0 fully saturated rings. The third-order valence-corrected chi connectivity index (χ3v) is 4.27. The SMILES string of the molecule is CCCCNC(=NCc1nnc(C)n1C)NCc1cccs1.I. The van der Waals surface area contributed by atoms with Crippen molar-refractivity contribution in [3.8, 4) is 0 Å². The van der Waals surface area contributed by atoms with Gasteiger partial charge in [-0.3, -0.25) is 0 Å². The number of nitrogens with zero attached hydrogens (tertiary/aromatic N) is 4. The highest BCUT2D eigenvalue weighted by Gasteiger charge is 2.05. The zero-order chi connectivity index (χ0) is 15.8. The number of halogens is 1. The van der Waals surface area contributed by atoms with Gasteiger partial charge in [0.1, 0.15) is 12.4 Å². The molecule has 0 aromatic carbocycles. The lowest BCUT2D eigenvalue weighted by molar-refractivity contribution is 0.717. The van der Waals surface area contributed by atoms with Crippen molar-refractivity contribution in [3.05, 3.63) is 34.0 Å². The second-order valence-electron chi connectivity index (χ2n) is 5.10. The summed E-state index contributed by atoms with van der Waals surface area (Å²) in [7, 11) is 1.96. The molecule has 6 nitrogen and oxygen atoms in total. The Balaban J connectivity index is 0.00000264. The first-order valence-corrected chi connectivity index (χ1v) is 8.48. The molecule has 2 heterocycles. The minimum absolute atomic E-state index is 0. The summed E-state index contributed by atoms with van der Waals surface area (Å²) in [6, 6.07) is 4.18. The molecule has 0 bridgehead atoms. The largest absolute Gasteiger partial charge is 0.356 e. The lowest BCUT2D eigenvalue weighted by atomic mass is 10.3. The zero-order valence-electron chi connectivity index (χ0n) is 13.9. The fraction of sp³-hybridized carbons (Fsp3) is 0.533. The number of nitrogens with one attached hydrogen (secondary N) is 2. The topological polar surface area (TPSA) is 67.1 Å². The van der Waals surface area contributed by atoms with Crippen molar-refractivity contribution in [1.29, 1.82) is 0 Å². The summed E-state index contributed by atoms with van der Waals surface area (Å²) in [5, 5.41) is 17.0. The van der Waals surface area contributed by atoms with Gasteiger partial charge in [-0.15, -0.1) is 45.5 Å². The van der Waals surface area contributed by atoms with Gasteiger partial charge in [0.15, 0.2) is 11.8 Å². The van der Waals surface area contributed by atoms with Gasteiger partial charge < -0.3 is 15.2 Å². The van der Waals surface area contributed by atoms with Crippen LogP contribution in [0.15, 0.2) is 22.5 Å². The first-order chi connectivity index (χ1) is 10.7. The first-order valence-electron chi connectivity index (χ1n) is 7.60. The second kappa shape index (κ2) is 10.6. The van der Waals surface area contributed by atoms with E-state index in [9.17, 15) is 0 Å². The maximum absolute atomic E-state index is 4.62.